The van der Waals surface area contributed by atoms with Crippen LogP contribution in [0.15, 0.2) is 48.8 Å². The first-order valence-corrected chi connectivity index (χ1v) is 10.9. The number of carbonyl (C=O) groups is 2. The highest BCUT2D eigenvalue weighted by Crippen LogP contribution is 2.19. The van der Waals surface area contributed by atoms with Gasteiger partial charge < -0.3 is 14.8 Å². The summed E-state index contributed by atoms with van der Waals surface area (Å²) in [6.45, 7) is 8.78. The number of nitrogens with one attached hydrogen (secondary N) is 1. The Kier molecular flexibility index (Phi) is 7.39. The molecule has 7 heteroatoms. The molecule has 0 spiro atoms. The molecule has 3 aromatic rings. The van der Waals surface area contributed by atoms with Gasteiger partial charge in [0.25, 0.3) is 5.91 Å². The Morgan fingerprint density at radius 3 is 2.42 bits per heavy atom. The Balaban J connectivity index is 1.86. The van der Waals surface area contributed by atoms with E-state index in [9.17, 15) is 9.59 Å². The van der Waals surface area contributed by atoms with Crippen LogP contribution in [-0.2, 0) is 17.9 Å². The van der Waals surface area contributed by atoms with Crippen LogP contribution in [0.2, 0.25) is 0 Å². The summed E-state index contributed by atoms with van der Waals surface area (Å²) < 4.78 is 1.92. The first kappa shape index (κ1) is 22.5. The fraction of sp³-hybridized carbons (Fsp3) is 0.417. The second-order valence-electron chi connectivity index (χ2n) is 7.84. The lowest BCUT2D eigenvalue weighted by molar-refractivity contribution is -0.136. The van der Waals surface area contributed by atoms with Crippen LogP contribution in [0.4, 0.5) is 0 Å². The van der Waals surface area contributed by atoms with Crippen molar-refractivity contribution >= 4 is 22.8 Å². The van der Waals surface area contributed by atoms with Crippen LogP contribution >= 0.6 is 0 Å². The predicted octanol–water partition coefficient (Wildman–Crippen LogP) is 3.79. The van der Waals surface area contributed by atoms with Gasteiger partial charge in [-0.05, 0) is 51.0 Å². The molecule has 2 unspecified atom stereocenters. The standard InChI is InChI=1S/C24H31N5O2/c1-5-17(3)29(18(4)6-2)23(30)16-28-21-12-8-7-11-20(21)27-22(28)15-26-24(31)19-10-9-13-25-14-19/h7-14,17-18H,5-6,15-16H2,1-4H3,(H,26,31). The molecular weight excluding hydrogens is 390 g/mol. The average molecular weight is 422 g/mol. The van der Waals surface area contributed by atoms with Crippen molar-refractivity contribution in [2.45, 2.75) is 65.7 Å². The summed E-state index contributed by atoms with van der Waals surface area (Å²) in [6.07, 6.45) is 4.95. The van der Waals surface area contributed by atoms with Crippen LogP contribution in [0.5, 0.6) is 0 Å². The maximum absolute atomic E-state index is 13.3. The molecule has 31 heavy (non-hydrogen) atoms. The molecule has 1 N–H and O–H groups in total. The summed E-state index contributed by atoms with van der Waals surface area (Å²) in [5.41, 5.74) is 2.18. The van der Waals surface area contributed by atoms with Gasteiger partial charge in [-0.1, -0.05) is 26.0 Å². The van der Waals surface area contributed by atoms with E-state index < -0.39 is 0 Å². The van der Waals surface area contributed by atoms with Gasteiger partial charge in [0, 0.05) is 24.5 Å². The molecule has 2 heterocycles. The highest BCUT2D eigenvalue weighted by atomic mass is 16.2. The van der Waals surface area contributed by atoms with Crippen molar-refractivity contribution in [3.63, 3.8) is 0 Å². The van der Waals surface area contributed by atoms with Gasteiger partial charge in [-0.15, -0.1) is 0 Å². The molecule has 164 valence electrons. The van der Waals surface area contributed by atoms with Gasteiger partial charge in [0.15, 0.2) is 0 Å². The molecule has 0 fully saturated rings. The maximum Gasteiger partial charge on any atom is 0.253 e. The van der Waals surface area contributed by atoms with Crippen LogP contribution in [0.25, 0.3) is 11.0 Å². The summed E-state index contributed by atoms with van der Waals surface area (Å²) in [5.74, 6) is 0.491. The zero-order valence-electron chi connectivity index (χ0n) is 18.7. The molecule has 0 saturated heterocycles. The fourth-order valence-corrected chi connectivity index (χ4v) is 3.73. The average Bonchev–Trinajstić information content (AvgIpc) is 3.15. The number of hydrogen-bond donors (Lipinski definition) is 1. The van der Waals surface area contributed by atoms with E-state index in [0.29, 0.717) is 11.4 Å². The topological polar surface area (TPSA) is 80.1 Å². The molecule has 0 aliphatic heterocycles. The van der Waals surface area contributed by atoms with E-state index in [2.05, 4.69) is 43.0 Å². The summed E-state index contributed by atoms with van der Waals surface area (Å²) >= 11 is 0. The minimum atomic E-state index is -0.223. The Bertz CT molecular complexity index is 1020. The van der Waals surface area contributed by atoms with E-state index in [1.807, 2.05) is 33.7 Å². The molecule has 0 aliphatic carbocycles. The van der Waals surface area contributed by atoms with Crippen LogP contribution in [0.3, 0.4) is 0 Å². The first-order chi connectivity index (χ1) is 15.0. The molecule has 1 aromatic carbocycles. The quantitative estimate of drug-likeness (QED) is 0.570. The van der Waals surface area contributed by atoms with Gasteiger partial charge in [0.05, 0.1) is 23.1 Å². The zero-order chi connectivity index (χ0) is 22.4. The number of amides is 2. The number of rotatable bonds is 9. The van der Waals surface area contributed by atoms with Gasteiger partial charge >= 0.3 is 0 Å². The number of nitrogens with zero attached hydrogens (tertiary/aromatic N) is 4. The maximum atomic E-state index is 13.3. The molecule has 0 aliphatic rings. The molecule has 2 amide bonds. The van der Waals surface area contributed by atoms with Crippen LogP contribution in [-0.4, -0.2) is 43.3 Å². The highest BCUT2D eigenvalue weighted by Gasteiger charge is 2.25. The third-order valence-corrected chi connectivity index (χ3v) is 5.78. The second-order valence-corrected chi connectivity index (χ2v) is 7.84. The normalized spacial score (nSPS) is 13.0. The number of benzene rings is 1. The van der Waals surface area contributed by atoms with E-state index in [1.54, 1.807) is 18.3 Å². The molecule has 0 saturated carbocycles. The number of hydrogen-bond acceptors (Lipinski definition) is 4. The molecule has 0 radical (unpaired) electrons. The summed E-state index contributed by atoms with van der Waals surface area (Å²) in [6, 6.07) is 11.5. The summed E-state index contributed by atoms with van der Waals surface area (Å²) in [7, 11) is 0. The first-order valence-electron chi connectivity index (χ1n) is 10.9. The van der Waals surface area contributed by atoms with Crippen molar-refractivity contribution in [3.05, 3.63) is 60.2 Å². The van der Waals surface area contributed by atoms with Crippen molar-refractivity contribution in [2.24, 2.45) is 0 Å². The lowest BCUT2D eigenvalue weighted by Crippen LogP contribution is -2.46. The van der Waals surface area contributed by atoms with Gasteiger partial charge in [0.2, 0.25) is 5.91 Å². The Morgan fingerprint density at radius 2 is 1.77 bits per heavy atom. The fourth-order valence-electron chi connectivity index (χ4n) is 3.73. The van der Waals surface area contributed by atoms with Crippen molar-refractivity contribution in [3.8, 4) is 0 Å². The van der Waals surface area contributed by atoms with Gasteiger partial charge in [0.1, 0.15) is 12.4 Å². The molecular formula is C24H31N5O2. The van der Waals surface area contributed by atoms with Gasteiger partial charge in [-0.3, -0.25) is 14.6 Å². The van der Waals surface area contributed by atoms with E-state index in [1.165, 1.54) is 6.20 Å². The molecule has 3 rings (SSSR count). The third kappa shape index (κ3) is 5.10. The highest BCUT2D eigenvalue weighted by molar-refractivity contribution is 5.93. The number of imidazole rings is 1. The van der Waals surface area contributed by atoms with E-state index in [4.69, 9.17) is 0 Å². The Morgan fingerprint density at radius 1 is 1.06 bits per heavy atom. The van der Waals surface area contributed by atoms with E-state index >= 15 is 0 Å². The molecule has 2 aromatic heterocycles. The Labute approximate surface area is 183 Å². The van der Waals surface area contributed by atoms with Crippen molar-refractivity contribution in [1.82, 2.24) is 24.8 Å². The predicted molar refractivity (Wildman–Crippen MR) is 121 cm³/mol. The lowest BCUT2D eigenvalue weighted by atomic mass is 10.1. The summed E-state index contributed by atoms with van der Waals surface area (Å²) in [5, 5.41) is 2.90. The molecule has 0 bridgehead atoms. The third-order valence-electron chi connectivity index (χ3n) is 5.78. The van der Waals surface area contributed by atoms with Crippen molar-refractivity contribution in [2.75, 3.05) is 0 Å². The van der Waals surface area contributed by atoms with Crippen LogP contribution in [0, 0.1) is 0 Å². The minimum absolute atomic E-state index is 0.0617. The monoisotopic (exact) mass is 421 g/mol. The number of pyridine rings is 1. The van der Waals surface area contributed by atoms with Crippen molar-refractivity contribution < 1.29 is 9.59 Å². The number of aromatic nitrogens is 3. The number of carbonyl (C=O) groups excluding carboxylic acids is 2. The smallest absolute Gasteiger partial charge is 0.253 e. The van der Waals surface area contributed by atoms with Gasteiger partial charge in [-0.2, -0.15) is 0 Å². The van der Waals surface area contributed by atoms with E-state index in [-0.39, 0.29) is 37.0 Å². The number of para-hydroxylation sites is 2. The lowest BCUT2D eigenvalue weighted by Gasteiger charge is -2.34. The molecule has 2 atom stereocenters. The van der Waals surface area contributed by atoms with Crippen molar-refractivity contribution in [1.29, 1.82) is 0 Å². The SMILES string of the molecule is CCC(C)N(C(=O)Cn1c(CNC(=O)c2cccnc2)nc2ccccc21)C(C)CC. The number of fused-ring (bicyclic) bond motifs is 1. The van der Waals surface area contributed by atoms with E-state index in [0.717, 1.165) is 23.9 Å². The minimum Gasteiger partial charge on any atom is -0.345 e. The zero-order valence-corrected chi connectivity index (χ0v) is 18.7. The van der Waals surface area contributed by atoms with Gasteiger partial charge in [-0.25, -0.2) is 4.98 Å². The second kappa shape index (κ2) is 10.2. The summed E-state index contributed by atoms with van der Waals surface area (Å²) in [4.78, 5) is 36.5. The molecule has 7 nitrogen and oxygen atoms in total. The van der Waals surface area contributed by atoms with Crippen LogP contribution < -0.4 is 5.32 Å². The van der Waals surface area contributed by atoms with Crippen LogP contribution in [0.1, 0.15) is 56.7 Å². The largest absolute Gasteiger partial charge is 0.345 e. The Hall–Kier alpha value is -3.22.